The number of rotatable bonds is 6. The maximum absolute atomic E-state index is 4.34. The van der Waals surface area contributed by atoms with Gasteiger partial charge in [-0.25, -0.2) is 9.97 Å². The highest BCUT2D eigenvalue weighted by atomic mass is 15.1. The number of hydrogen-bond acceptors (Lipinski definition) is 6. The van der Waals surface area contributed by atoms with Crippen LogP contribution < -0.4 is 0 Å². The summed E-state index contributed by atoms with van der Waals surface area (Å²) in [7, 11) is 0. The molecule has 0 aliphatic rings. The SMILES string of the molecule is CC(C)c1ccc(C(C)C)nn1.CC(C)c1cnc(C(C)C)cn1.CC(C)c1cnc(C(C)C)nc1. The average Bonchev–Trinajstić information content (AvgIpc) is 2.84. The summed E-state index contributed by atoms with van der Waals surface area (Å²) in [6, 6.07) is 4.12. The summed E-state index contributed by atoms with van der Waals surface area (Å²) in [4.78, 5) is 17.3. The summed E-state index contributed by atoms with van der Waals surface area (Å²) in [5, 5.41) is 8.30. The highest BCUT2D eigenvalue weighted by Crippen LogP contribution is 2.15. The summed E-state index contributed by atoms with van der Waals surface area (Å²) < 4.78 is 0. The van der Waals surface area contributed by atoms with Crippen LogP contribution in [0.25, 0.3) is 0 Å². The summed E-state index contributed by atoms with van der Waals surface area (Å²) in [6.07, 6.45) is 7.60. The largest absolute Gasteiger partial charge is 0.258 e. The maximum atomic E-state index is 4.34. The lowest BCUT2D eigenvalue weighted by atomic mass is 10.1. The molecule has 0 fully saturated rings. The second-order valence-electron chi connectivity index (χ2n) is 11.1. The second kappa shape index (κ2) is 15.4. The van der Waals surface area contributed by atoms with Gasteiger partial charge in [0.05, 0.1) is 22.8 Å². The van der Waals surface area contributed by atoms with Crippen molar-refractivity contribution in [1.82, 2.24) is 30.1 Å². The van der Waals surface area contributed by atoms with Gasteiger partial charge in [-0.05, 0) is 47.3 Å². The first-order valence-corrected chi connectivity index (χ1v) is 13.3. The van der Waals surface area contributed by atoms with Crippen LogP contribution in [-0.2, 0) is 0 Å². The summed E-state index contributed by atoms with van der Waals surface area (Å²) >= 11 is 0. The second-order valence-corrected chi connectivity index (χ2v) is 11.1. The third kappa shape index (κ3) is 10.9. The Balaban J connectivity index is 0.000000270. The van der Waals surface area contributed by atoms with E-state index in [1.165, 1.54) is 5.56 Å². The molecule has 3 aromatic heterocycles. The molecular formula is C30H48N6. The van der Waals surface area contributed by atoms with Gasteiger partial charge in [0.1, 0.15) is 5.82 Å². The minimum atomic E-state index is 0.422. The molecule has 0 N–H and O–H groups in total. The molecule has 0 aliphatic heterocycles. The molecule has 0 unspecified atom stereocenters. The van der Waals surface area contributed by atoms with Crippen molar-refractivity contribution in [2.45, 2.75) is 119 Å². The van der Waals surface area contributed by atoms with Crippen molar-refractivity contribution in [2.75, 3.05) is 0 Å². The van der Waals surface area contributed by atoms with E-state index < -0.39 is 0 Å². The van der Waals surface area contributed by atoms with E-state index in [0.29, 0.717) is 35.5 Å². The standard InChI is InChI=1S/3C10H16N2/c1-7(2)9-5-12-10(6-11-9)8(3)4;1-7(2)9-5-11-10(8(3)4)12-6-9;1-7(2)9-5-6-10(8(3)4)12-11-9/h3*5-8H,1-4H3. The van der Waals surface area contributed by atoms with Gasteiger partial charge in [0.25, 0.3) is 0 Å². The Hall–Kier alpha value is -2.76. The highest BCUT2D eigenvalue weighted by Gasteiger charge is 2.05. The lowest BCUT2D eigenvalue weighted by molar-refractivity contribution is 0.733. The Kier molecular flexibility index (Phi) is 13.4. The molecule has 0 saturated carbocycles. The number of hydrogen-bond donors (Lipinski definition) is 0. The smallest absolute Gasteiger partial charge is 0.130 e. The first kappa shape index (κ1) is 31.3. The van der Waals surface area contributed by atoms with Crippen LogP contribution in [0.2, 0.25) is 0 Å². The summed E-state index contributed by atoms with van der Waals surface area (Å²) in [5.74, 6) is 3.76. The van der Waals surface area contributed by atoms with Gasteiger partial charge < -0.3 is 0 Å². The van der Waals surface area contributed by atoms with Crippen LogP contribution in [0.3, 0.4) is 0 Å². The molecule has 0 radical (unpaired) electrons. The topological polar surface area (TPSA) is 77.3 Å². The minimum Gasteiger partial charge on any atom is -0.258 e. The monoisotopic (exact) mass is 492 g/mol. The van der Waals surface area contributed by atoms with Crippen LogP contribution in [0.15, 0.2) is 36.9 Å². The molecule has 0 amide bonds. The molecule has 0 aliphatic carbocycles. The molecule has 0 aromatic carbocycles. The van der Waals surface area contributed by atoms with Crippen molar-refractivity contribution in [2.24, 2.45) is 0 Å². The Bertz CT molecular complexity index is 761. The van der Waals surface area contributed by atoms with Gasteiger partial charge in [-0.15, -0.1) is 0 Å². The Morgan fingerprint density at radius 1 is 0.389 bits per heavy atom. The van der Waals surface area contributed by atoms with Gasteiger partial charge in [-0.2, -0.15) is 10.2 Å². The maximum Gasteiger partial charge on any atom is 0.130 e. The van der Waals surface area contributed by atoms with Crippen molar-refractivity contribution in [3.05, 3.63) is 71.1 Å². The Morgan fingerprint density at radius 2 is 0.750 bits per heavy atom. The quantitative estimate of drug-likeness (QED) is 0.345. The van der Waals surface area contributed by atoms with Crippen LogP contribution in [-0.4, -0.2) is 30.1 Å². The van der Waals surface area contributed by atoms with Crippen molar-refractivity contribution in [3.63, 3.8) is 0 Å². The molecular weight excluding hydrogens is 444 g/mol. The Labute approximate surface area is 219 Å². The molecule has 3 heterocycles. The molecule has 3 aromatic rings. The molecule has 3 rings (SSSR count). The third-order valence-electron chi connectivity index (χ3n) is 5.64. The van der Waals surface area contributed by atoms with E-state index in [4.69, 9.17) is 0 Å². The van der Waals surface area contributed by atoms with E-state index >= 15 is 0 Å². The first-order chi connectivity index (χ1) is 16.8. The zero-order chi connectivity index (χ0) is 27.4. The van der Waals surface area contributed by atoms with Gasteiger partial charge in [0, 0.05) is 30.7 Å². The lowest BCUT2D eigenvalue weighted by Crippen LogP contribution is -1.99. The van der Waals surface area contributed by atoms with Crippen molar-refractivity contribution < 1.29 is 0 Å². The molecule has 0 spiro atoms. The fraction of sp³-hybridized carbons (Fsp3) is 0.600. The van der Waals surface area contributed by atoms with Crippen LogP contribution in [0.4, 0.5) is 0 Å². The third-order valence-corrected chi connectivity index (χ3v) is 5.64. The zero-order valence-electron chi connectivity index (χ0n) is 24.6. The van der Waals surface area contributed by atoms with Gasteiger partial charge in [0.15, 0.2) is 0 Å². The normalized spacial score (nSPS) is 11.2. The van der Waals surface area contributed by atoms with E-state index in [1.807, 2.05) is 24.8 Å². The van der Waals surface area contributed by atoms with Crippen molar-refractivity contribution >= 4 is 0 Å². The average molecular weight is 493 g/mol. The van der Waals surface area contributed by atoms with Gasteiger partial charge in [-0.3, -0.25) is 9.97 Å². The lowest BCUT2D eigenvalue weighted by Gasteiger charge is -2.06. The number of nitrogens with zero attached hydrogens (tertiary/aromatic N) is 6. The Morgan fingerprint density at radius 3 is 0.972 bits per heavy atom. The van der Waals surface area contributed by atoms with Crippen LogP contribution in [0, 0.1) is 0 Å². The minimum absolute atomic E-state index is 0.422. The van der Waals surface area contributed by atoms with Crippen molar-refractivity contribution in [1.29, 1.82) is 0 Å². The summed E-state index contributed by atoms with van der Waals surface area (Å²) in [5.41, 5.74) is 5.48. The molecule has 6 nitrogen and oxygen atoms in total. The van der Waals surface area contributed by atoms with Crippen LogP contribution in [0.1, 0.15) is 153 Å². The predicted molar refractivity (Wildman–Crippen MR) is 151 cm³/mol. The van der Waals surface area contributed by atoms with Gasteiger partial charge in [0.2, 0.25) is 0 Å². The molecule has 0 bridgehead atoms. The van der Waals surface area contributed by atoms with Gasteiger partial charge >= 0.3 is 0 Å². The van der Waals surface area contributed by atoms with E-state index in [1.54, 1.807) is 0 Å². The molecule has 0 saturated heterocycles. The molecule has 0 atom stereocenters. The first-order valence-electron chi connectivity index (χ1n) is 13.3. The van der Waals surface area contributed by atoms with Crippen LogP contribution in [0.5, 0.6) is 0 Å². The van der Waals surface area contributed by atoms with E-state index in [2.05, 4.69) is 125 Å². The molecule has 198 valence electrons. The molecule has 36 heavy (non-hydrogen) atoms. The highest BCUT2D eigenvalue weighted by molar-refractivity contribution is 5.12. The van der Waals surface area contributed by atoms with E-state index in [0.717, 1.165) is 28.6 Å². The van der Waals surface area contributed by atoms with Gasteiger partial charge in [-0.1, -0.05) is 83.1 Å². The predicted octanol–water partition coefficient (Wildman–Crippen LogP) is 8.17. The van der Waals surface area contributed by atoms with E-state index in [-0.39, 0.29) is 0 Å². The number of aromatic nitrogens is 6. The fourth-order valence-electron chi connectivity index (χ4n) is 2.86. The van der Waals surface area contributed by atoms with Crippen LogP contribution >= 0.6 is 0 Å². The van der Waals surface area contributed by atoms with E-state index in [9.17, 15) is 0 Å². The molecule has 6 heteroatoms. The zero-order valence-corrected chi connectivity index (χ0v) is 24.6. The van der Waals surface area contributed by atoms with Crippen molar-refractivity contribution in [3.8, 4) is 0 Å². The summed E-state index contributed by atoms with van der Waals surface area (Å²) in [6.45, 7) is 25.5. The fourth-order valence-corrected chi connectivity index (χ4v) is 2.86.